The molecule has 2 amide bonds. The molecule has 0 saturated carbocycles. The fourth-order valence-electron chi connectivity index (χ4n) is 3.64. The summed E-state index contributed by atoms with van der Waals surface area (Å²) >= 11 is 3.23. The second-order valence-corrected chi connectivity index (χ2v) is 9.77. The van der Waals surface area contributed by atoms with Gasteiger partial charge in [-0.05, 0) is 95.7 Å². The van der Waals surface area contributed by atoms with Crippen molar-refractivity contribution in [3.63, 3.8) is 0 Å². The SMILES string of the molecule is Cc1cc(/C=C2\SC(=O)N(Cc3ccc(I)cc3)C2=O)c(C)n1CCOc1ccccc1. The van der Waals surface area contributed by atoms with Gasteiger partial charge in [-0.2, -0.15) is 0 Å². The normalized spacial score (nSPS) is 15.1. The van der Waals surface area contributed by atoms with Crippen molar-refractivity contribution in [2.45, 2.75) is 26.9 Å². The molecule has 1 aliphatic rings. The van der Waals surface area contributed by atoms with Crippen molar-refractivity contribution in [2.24, 2.45) is 0 Å². The lowest BCUT2D eigenvalue weighted by atomic mass is 10.2. The number of thioether (sulfide) groups is 1. The molecule has 2 aromatic carbocycles. The smallest absolute Gasteiger partial charge is 0.293 e. The molecule has 0 radical (unpaired) electrons. The molecule has 0 atom stereocenters. The van der Waals surface area contributed by atoms with Gasteiger partial charge in [0, 0.05) is 15.0 Å². The number of aromatic nitrogens is 1. The van der Waals surface area contributed by atoms with Crippen molar-refractivity contribution in [2.75, 3.05) is 6.61 Å². The first-order valence-electron chi connectivity index (χ1n) is 10.3. The van der Waals surface area contributed by atoms with E-state index < -0.39 is 0 Å². The van der Waals surface area contributed by atoms with E-state index in [1.165, 1.54) is 4.90 Å². The van der Waals surface area contributed by atoms with E-state index in [9.17, 15) is 9.59 Å². The van der Waals surface area contributed by atoms with Crippen LogP contribution < -0.4 is 4.74 Å². The van der Waals surface area contributed by atoms with Crippen LogP contribution in [0.3, 0.4) is 0 Å². The van der Waals surface area contributed by atoms with Gasteiger partial charge in [0.15, 0.2) is 0 Å². The number of benzene rings is 2. The number of nitrogens with zero attached hydrogens (tertiary/aromatic N) is 2. The van der Waals surface area contributed by atoms with Gasteiger partial charge in [0.2, 0.25) is 0 Å². The van der Waals surface area contributed by atoms with E-state index in [0.29, 0.717) is 18.1 Å². The fourth-order valence-corrected chi connectivity index (χ4v) is 4.83. The van der Waals surface area contributed by atoms with Crippen molar-refractivity contribution in [3.05, 3.63) is 91.7 Å². The lowest BCUT2D eigenvalue weighted by Crippen LogP contribution is -2.27. The summed E-state index contributed by atoms with van der Waals surface area (Å²) < 4.78 is 9.11. The van der Waals surface area contributed by atoms with E-state index in [-0.39, 0.29) is 17.7 Å². The maximum Gasteiger partial charge on any atom is 0.293 e. The molecule has 164 valence electrons. The minimum absolute atomic E-state index is 0.232. The lowest BCUT2D eigenvalue weighted by Gasteiger charge is -2.12. The summed E-state index contributed by atoms with van der Waals surface area (Å²) in [6, 6.07) is 19.6. The van der Waals surface area contributed by atoms with Crippen LogP contribution in [0.15, 0.2) is 65.6 Å². The monoisotopic (exact) mass is 558 g/mol. The average molecular weight is 558 g/mol. The molecule has 3 aromatic rings. The largest absolute Gasteiger partial charge is 0.492 e. The summed E-state index contributed by atoms with van der Waals surface area (Å²) in [4.78, 5) is 27.2. The van der Waals surface area contributed by atoms with Gasteiger partial charge in [-0.3, -0.25) is 14.5 Å². The summed E-state index contributed by atoms with van der Waals surface area (Å²) in [5.74, 6) is 0.604. The Bertz CT molecular complexity index is 1170. The Morgan fingerprint density at radius 3 is 2.47 bits per heavy atom. The van der Waals surface area contributed by atoms with Crippen molar-refractivity contribution in [1.29, 1.82) is 0 Å². The zero-order valence-corrected chi connectivity index (χ0v) is 20.9. The summed E-state index contributed by atoms with van der Waals surface area (Å²) in [6.45, 7) is 5.60. The number of imide groups is 1. The van der Waals surface area contributed by atoms with Crippen LogP contribution >= 0.6 is 34.4 Å². The minimum Gasteiger partial charge on any atom is -0.492 e. The molecule has 2 heterocycles. The molecule has 0 unspecified atom stereocenters. The molecule has 0 aliphatic carbocycles. The molecule has 32 heavy (non-hydrogen) atoms. The molecular formula is C25H23IN2O3S. The van der Waals surface area contributed by atoms with Crippen LogP contribution in [0.1, 0.15) is 22.5 Å². The zero-order valence-electron chi connectivity index (χ0n) is 17.9. The number of carbonyl (C=O) groups excluding carboxylic acids is 2. The number of rotatable bonds is 7. The third-order valence-corrected chi connectivity index (χ3v) is 6.98. The summed E-state index contributed by atoms with van der Waals surface area (Å²) in [7, 11) is 0. The second-order valence-electron chi connectivity index (χ2n) is 7.53. The van der Waals surface area contributed by atoms with E-state index in [2.05, 4.69) is 27.2 Å². The van der Waals surface area contributed by atoms with E-state index in [1.54, 1.807) is 0 Å². The first-order chi connectivity index (χ1) is 15.4. The van der Waals surface area contributed by atoms with Gasteiger partial charge in [-0.15, -0.1) is 0 Å². The number of para-hydroxylation sites is 1. The highest BCUT2D eigenvalue weighted by Gasteiger charge is 2.35. The lowest BCUT2D eigenvalue weighted by molar-refractivity contribution is -0.123. The first-order valence-corrected chi connectivity index (χ1v) is 12.2. The number of hydrogen-bond donors (Lipinski definition) is 0. The highest BCUT2D eigenvalue weighted by molar-refractivity contribution is 14.1. The van der Waals surface area contributed by atoms with Crippen molar-refractivity contribution >= 4 is 51.6 Å². The Hall–Kier alpha value is -2.52. The van der Waals surface area contributed by atoms with Crippen LogP contribution in [0.25, 0.3) is 6.08 Å². The maximum atomic E-state index is 12.9. The molecule has 4 rings (SSSR count). The van der Waals surface area contributed by atoms with Gasteiger partial charge in [-0.25, -0.2) is 0 Å². The number of hydrogen-bond acceptors (Lipinski definition) is 4. The Morgan fingerprint density at radius 2 is 1.75 bits per heavy atom. The molecule has 5 nitrogen and oxygen atoms in total. The van der Waals surface area contributed by atoms with Crippen LogP contribution in [0.5, 0.6) is 5.75 Å². The van der Waals surface area contributed by atoms with Crippen LogP contribution in [0.2, 0.25) is 0 Å². The first kappa shape index (κ1) is 22.7. The topological polar surface area (TPSA) is 51.5 Å². The van der Waals surface area contributed by atoms with Gasteiger partial charge >= 0.3 is 0 Å². The molecule has 0 bridgehead atoms. The Balaban J connectivity index is 1.46. The Kier molecular flexibility index (Phi) is 7.05. The predicted octanol–water partition coefficient (Wildman–Crippen LogP) is 6.03. The van der Waals surface area contributed by atoms with Crippen molar-refractivity contribution in [1.82, 2.24) is 9.47 Å². The van der Waals surface area contributed by atoms with Crippen LogP contribution in [-0.2, 0) is 17.9 Å². The highest BCUT2D eigenvalue weighted by atomic mass is 127. The van der Waals surface area contributed by atoms with Crippen LogP contribution in [0, 0.1) is 17.4 Å². The van der Waals surface area contributed by atoms with E-state index in [0.717, 1.165) is 43.6 Å². The minimum atomic E-state index is -0.240. The number of halogens is 1. The molecular weight excluding hydrogens is 535 g/mol. The number of aryl methyl sites for hydroxylation is 1. The van der Waals surface area contributed by atoms with Gasteiger partial charge in [0.25, 0.3) is 11.1 Å². The van der Waals surface area contributed by atoms with Crippen LogP contribution in [-0.4, -0.2) is 27.2 Å². The van der Waals surface area contributed by atoms with Gasteiger partial charge < -0.3 is 9.30 Å². The summed E-state index contributed by atoms with van der Waals surface area (Å²) in [6.07, 6.45) is 1.83. The second kappa shape index (κ2) is 9.95. The standard InChI is InChI=1S/C25H23IN2O3S/c1-17-14-20(18(2)27(17)12-13-31-22-6-4-3-5-7-22)15-23-24(29)28(25(30)32-23)16-19-8-10-21(26)11-9-19/h3-11,14-15H,12-13,16H2,1-2H3/b23-15-. The molecule has 0 N–H and O–H groups in total. The quantitative estimate of drug-likeness (QED) is 0.263. The van der Waals surface area contributed by atoms with E-state index in [4.69, 9.17) is 4.74 Å². The molecule has 1 aliphatic heterocycles. The molecule has 7 heteroatoms. The van der Waals surface area contributed by atoms with Crippen molar-refractivity contribution < 1.29 is 14.3 Å². The molecule has 1 fully saturated rings. The van der Waals surface area contributed by atoms with Crippen molar-refractivity contribution in [3.8, 4) is 5.75 Å². The van der Waals surface area contributed by atoms with E-state index >= 15 is 0 Å². The van der Waals surface area contributed by atoms with Gasteiger partial charge in [0.1, 0.15) is 12.4 Å². The number of amides is 2. The van der Waals surface area contributed by atoms with Crippen LogP contribution in [0.4, 0.5) is 4.79 Å². The summed E-state index contributed by atoms with van der Waals surface area (Å²) in [5, 5.41) is -0.232. The highest BCUT2D eigenvalue weighted by Crippen LogP contribution is 2.34. The molecule has 1 saturated heterocycles. The zero-order chi connectivity index (χ0) is 22.7. The Labute approximate surface area is 205 Å². The fraction of sp³-hybridized carbons (Fsp3) is 0.200. The third kappa shape index (κ3) is 5.10. The Morgan fingerprint density at radius 1 is 1.03 bits per heavy atom. The molecule has 0 spiro atoms. The predicted molar refractivity (Wildman–Crippen MR) is 137 cm³/mol. The van der Waals surface area contributed by atoms with Gasteiger partial charge in [0.05, 0.1) is 18.0 Å². The third-order valence-electron chi connectivity index (χ3n) is 5.35. The average Bonchev–Trinajstić information content (AvgIpc) is 3.20. The van der Waals surface area contributed by atoms with Gasteiger partial charge in [-0.1, -0.05) is 30.3 Å². The van der Waals surface area contributed by atoms with E-state index in [1.807, 2.05) is 80.6 Å². The number of ether oxygens (including phenoxy) is 1. The molecule has 1 aromatic heterocycles. The summed E-state index contributed by atoms with van der Waals surface area (Å²) in [5.41, 5.74) is 4.01. The maximum absolute atomic E-state index is 12.9. The number of carbonyl (C=O) groups is 2.